The lowest BCUT2D eigenvalue weighted by molar-refractivity contribution is -0.123. The van der Waals surface area contributed by atoms with Crippen LogP contribution in [0.15, 0.2) is 78.9 Å². The Kier molecular flexibility index (Phi) is 6.73. The fourth-order valence-corrected chi connectivity index (χ4v) is 3.31. The first-order valence-electron chi connectivity index (χ1n) is 9.57. The molecule has 0 aliphatic carbocycles. The van der Waals surface area contributed by atoms with Crippen LogP contribution in [0.4, 0.5) is 8.78 Å². The molecule has 2 N–H and O–H groups in total. The quantitative estimate of drug-likeness (QED) is 0.598. The number of carbonyl (C=O) groups is 1. The van der Waals surface area contributed by atoms with Crippen molar-refractivity contribution in [2.45, 2.75) is 32.0 Å². The molecule has 2 atom stereocenters. The van der Waals surface area contributed by atoms with Gasteiger partial charge in [-0.3, -0.25) is 10.1 Å². The summed E-state index contributed by atoms with van der Waals surface area (Å²) in [6.07, 6.45) is 0. The molecule has 3 aromatic rings. The van der Waals surface area contributed by atoms with Crippen LogP contribution in [0.25, 0.3) is 0 Å². The van der Waals surface area contributed by atoms with Crippen molar-refractivity contribution in [2.75, 3.05) is 0 Å². The number of benzene rings is 3. The Labute approximate surface area is 169 Å². The van der Waals surface area contributed by atoms with Crippen molar-refractivity contribution in [1.29, 1.82) is 0 Å². The third kappa shape index (κ3) is 5.27. The highest BCUT2D eigenvalue weighted by atomic mass is 19.1. The van der Waals surface area contributed by atoms with E-state index in [-0.39, 0.29) is 11.9 Å². The maximum Gasteiger partial charge on any atom is 0.237 e. The average molecular weight is 394 g/mol. The van der Waals surface area contributed by atoms with Gasteiger partial charge in [0.1, 0.15) is 11.6 Å². The van der Waals surface area contributed by atoms with Gasteiger partial charge in [0.05, 0.1) is 12.1 Å². The van der Waals surface area contributed by atoms with E-state index in [4.69, 9.17) is 0 Å². The van der Waals surface area contributed by atoms with Crippen molar-refractivity contribution >= 4 is 5.91 Å². The fourth-order valence-electron chi connectivity index (χ4n) is 3.31. The first-order valence-corrected chi connectivity index (χ1v) is 9.57. The molecule has 5 heteroatoms. The number of amides is 1. The van der Waals surface area contributed by atoms with Crippen molar-refractivity contribution in [1.82, 2.24) is 10.6 Å². The van der Waals surface area contributed by atoms with Crippen LogP contribution >= 0.6 is 0 Å². The van der Waals surface area contributed by atoms with Crippen LogP contribution in [-0.2, 0) is 4.79 Å². The molecule has 0 heterocycles. The van der Waals surface area contributed by atoms with Crippen LogP contribution in [0.2, 0.25) is 0 Å². The van der Waals surface area contributed by atoms with Crippen LogP contribution in [0.3, 0.4) is 0 Å². The van der Waals surface area contributed by atoms with E-state index in [0.29, 0.717) is 5.56 Å². The Morgan fingerprint density at radius 3 is 1.90 bits per heavy atom. The van der Waals surface area contributed by atoms with Gasteiger partial charge in [-0.2, -0.15) is 0 Å². The maximum atomic E-state index is 14.0. The highest BCUT2D eigenvalue weighted by Gasteiger charge is 2.22. The second-order valence-corrected chi connectivity index (χ2v) is 7.04. The zero-order chi connectivity index (χ0) is 20.8. The summed E-state index contributed by atoms with van der Waals surface area (Å²) in [5.41, 5.74) is 2.25. The van der Waals surface area contributed by atoms with Crippen LogP contribution in [0, 0.1) is 11.6 Å². The Balaban J connectivity index is 1.73. The van der Waals surface area contributed by atoms with E-state index in [2.05, 4.69) is 10.6 Å². The zero-order valence-corrected chi connectivity index (χ0v) is 16.4. The monoisotopic (exact) mass is 394 g/mol. The molecule has 3 aromatic carbocycles. The lowest BCUT2D eigenvalue weighted by Gasteiger charge is -2.25. The number of carbonyl (C=O) groups excluding carboxylic acids is 1. The van der Waals surface area contributed by atoms with Gasteiger partial charge in [-0.25, -0.2) is 8.78 Å². The normalized spacial score (nSPS) is 13.1. The van der Waals surface area contributed by atoms with Crippen molar-refractivity contribution in [3.05, 3.63) is 107 Å². The lowest BCUT2D eigenvalue weighted by Crippen LogP contribution is -2.44. The number of hydrogen-bond donors (Lipinski definition) is 2. The van der Waals surface area contributed by atoms with E-state index in [1.54, 1.807) is 13.8 Å². The summed E-state index contributed by atoms with van der Waals surface area (Å²) in [5, 5.41) is 6.16. The van der Waals surface area contributed by atoms with Gasteiger partial charge in [-0.1, -0.05) is 66.7 Å². The van der Waals surface area contributed by atoms with E-state index in [0.717, 1.165) is 17.2 Å². The van der Waals surface area contributed by atoms with Crippen molar-refractivity contribution < 1.29 is 13.6 Å². The molecule has 29 heavy (non-hydrogen) atoms. The lowest BCUT2D eigenvalue weighted by atomic mass is 9.98. The van der Waals surface area contributed by atoms with Gasteiger partial charge < -0.3 is 5.32 Å². The molecule has 0 unspecified atom stereocenters. The van der Waals surface area contributed by atoms with Gasteiger partial charge in [-0.15, -0.1) is 0 Å². The van der Waals surface area contributed by atoms with Crippen molar-refractivity contribution in [3.8, 4) is 0 Å². The van der Waals surface area contributed by atoms with E-state index < -0.39 is 23.7 Å². The molecule has 1 amide bonds. The van der Waals surface area contributed by atoms with E-state index in [9.17, 15) is 13.6 Å². The molecule has 0 aromatic heterocycles. The Morgan fingerprint density at radius 1 is 0.828 bits per heavy atom. The summed E-state index contributed by atoms with van der Waals surface area (Å²) < 4.78 is 27.2. The SMILES string of the molecule is C[C@H](N[C@H](C)C(=O)NC(c1ccccc1)c1ccccc1)c1ccc(F)cc1F. The summed E-state index contributed by atoms with van der Waals surface area (Å²) in [4.78, 5) is 12.9. The average Bonchev–Trinajstić information content (AvgIpc) is 2.73. The van der Waals surface area contributed by atoms with Crippen LogP contribution < -0.4 is 10.6 Å². The molecular weight excluding hydrogens is 370 g/mol. The molecule has 0 radical (unpaired) electrons. The molecule has 3 nitrogen and oxygen atoms in total. The third-order valence-corrected chi connectivity index (χ3v) is 4.87. The second-order valence-electron chi connectivity index (χ2n) is 7.04. The highest BCUT2D eigenvalue weighted by molar-refractivity contribution is 5.82. The minimum atomic E-state index is -0.635. The minimum absolute atomic E-state index is 0.211. The molecule has 0 aliphatic heterocycles. The molecule has 0 saturated heterocycles. The number of rotatable bonds is 7. The van der Waals surface area contributed by atoms with Gasteiger partial charge in [0.25, 0.3) is 0 Å². The molecule has 0 spiro atoms. The minimum Gasteiger partial charge on any atom is -0.344 e. The standard InChI is InChI=1S/C24H24F2N2O/c1-16(21-14-13-20(25)15-22(21)26)27-17(2)24(29)28-23(18-9-5-3-6-10-18)19-11-7-4-8-12-19/h3-17,23,27H,1-2H3,(H,28,29)/t16-,17+/m0/s1. The van der Waals surface area contributed by atoms with Gasteiger partial charge in [0.15, 0.2) is 0 Å². The van der Waals surface area contributed by atoms with Gasteiger partial charge >= 0.3 is 0 Å². The largest absolute Gasteiger partial charge is 0.344 e. The highest BCUT2D eigenvalue weighted by Crippen LogP contribution is 2.22. The maximum absolute atomic E-state index is 14.0. The number of nitrogens with one attached hydrogen (secondary N) is 2. The molecule has 0 saturated carbocycles. The Hall–Kier alpha value is -3.05. The topological polar surface area (TPSA) is 41.1 Å². The van der Waals surface area contributed by atoms with Crippen LogP contribution in [0.1, 0.15) is 42.6 Å². The van der Waals surface area contributed by atoms with Crippen molar-refractivity contribution in [3.63, 3.8) is 0 Å². The molecule has 0 bridgehead atoms. The summed E-state index contributed by atoms with van der Waals surface area (Å²) >= 11 is 0. The molecule has 0 fully saturated rings. The number of halogens is 2. The predicted molar refractivity (Wildman–Crippen MR) is 110 cm³/mol. The summed E-state index contributed by atoms with van der Waals surface area (Å²) in [5.74, 6) is -1.47. The summed E-state index contributed by atoms with van der Waals surface area (Å²) in [6.45, 7) is 3.46. The fraction of sp³-hybridized carbons (Fsp3) is 0.208. The first kappa shape index (κ1) is 20.7. The van der Waals surface area contributed by atoms with Crippen LogP contribution in [0.5, 0.6) is 0 Å². The number of hydrogen-bond acceptors (Lipinski definition) is 2. The van der Waals surface area contributed by atoms with Crippen molar-refractivity contribution in [2.24, 2.45) is 0 Å². The Bertz CT molecular complexity index is 908. The molecule has 0 aliphatic rings. The summed E-state index contributed by atoms with van der Waals surface area (Å²) in [6, 6.07) is 21.5. The van der Waals surface area contributed by atoms with Gasteiger partial charge in [0, 0.05) is 17.7 Å². The van der Waals surface area contributed by atoms with Crippen LogP contribution in [-0.4, -0.2) is 11.9 Å². The molecule has 3 rings (SSSR count). The first-order chi connectivity index (χ1) is 14.0. The third-order valence-electron chi connectivity index (χ3n) is 4.87. The Morgan fingerprint density at radius 2 is 1.38 bits per heavy atom. The smallest absolute Gasteiger partial charge is 0.237 e. The predicted octanol–water partition coefficient (Wildman–Crippen LogP) is 4.91. The van der Waals surface area contributed by atoms with Gasteiger partial charge in [-0.05, 0) is 31.0 Å². The summed E-state index contributed by atoms with van der Waals surface area (Å²) in [7, 11) is 0. The van der Waals surface area contributed by atoms with E-state index >= 15 is 0 Å². The van der Waals surface area contributed by atoms with Gasteiger partial charge in [0.2, 0.25) is 5.91 Å². The zero-order valence-electron chi connectivity index (χ0n) is 16.4. The molecule has 150 valence electrons. The van der Waals surface area contributed by atoms with E-state index in [1.807, 2.05) is 60.7 Å². The molecular formula is C24H24F2N2O. The van der Waals surface area contributed by atoms with E-state index in [1.165, 1.54) is 12.1 Å². The second kappa shape index (κ2) is 9.43.